The molecule has 172 valence electrons. The maximum absolute atomic E-state index is 12.9. The average Bonchev–Trinajstić information content (AvgIpc) is 3.31. The van der Waals surface area contributed by atoms with E-state index < -0.39 is 0 Å². The molecule has 0 unspecified atom stereocenters. The Morgan fingerprint density at radius 2 is 1.82 bits per heavy atom. The fourth-order valence-corrected chi connectivity index (χ4v) is 4.29. The lowest BCUT2D eigenvalue weighted by molar-refractivity contribution is -0.132. The molecule has 1 amide bonds. The standard InChI is InChI=1S/C26H29N3O4/c1-17-4-9-22(18(2)16-17)25(31)19-12-14-29(15-13-19)24(30)11-10-23-27-26(28-33-23)20-5-7-21(32-3)8-6-20/h4-9,16,19H,10-15H2,1-3H3. The van der Waals surface area contributed by atoms with Gasteiger partial charge in [-0.05, 0) is 56.5 Å². The van der Waals surface area contributed by atoms with Crippen LogP contribution in [0, 0.1) is 19.8 Å². The van der Waals surface area contributed by atoms with Crippen LogP contribution < -0.4 is 4.74 Å². The third kappa shape index (κ3) is 5.30. The first-order chi connectivity index (χ1) is 15.9. The highest BCUT2D eigenvalue weighted by Gasteiger charge is 2.28. The molecule has 0 aliphatic carbocycles. The molecule has 1 aliphatic heterocycles. The lowest BCUT2D eigenvalue weighted by Crippen LogP contribution is -2.40. The number of methoxy groups -OCH3 is 1. The summed E-state index contributed by atoms with van der Waals surface area (Å²) in [6, 6.07) is 13.4. The Morgan fingerprint density at radius 1 is 1.09 bits per heavy atom. The summed E-state index contributed by atoms with van der Waals surface area (Å²) in [6.45, 7) is 5.21. The first-order valence-corrected chi connectivity index (χ1v) is 11.3. The second-order valence-electron chi connectivity index (χ2n) is 8.58. The van der Waals surface area contributed by atoms with Gasteiger partial charge in [-0.3, -0.25) is 9.59 Å². The predicted molar refractivity (Wildman–Crippen MR) is 124 cm³/mol. The highest BCUT2D eigenvalue weighted by atomic mass is 16.5. The first-order valence-electron chi connectivity index (χ1n) is 11.3. The molecule has 0 N–H and O–H groups in total. The van der Waals surface area contributed by atoms with E-state index in [1.807, 2.05) is 61.2 Å². The van der Waals surface area contributed by atoms with Gasteiger partial charge < -0.3 is 14.2 Å². The molecule has 7 nitrogen and oxygen atoms in total. The van der Waals surface area contributed by atoms with Crippen molar-refractivity contribution in [2.75, 3.05) is 20.2 Å². The summed E-state index contributed by atoms with van der Waals surface area (Å²) in [7, 11) is 1.61. The van der Waals surface area contributed by atoms with Gasteiger partial charge in [-0.15, -0.1) is 0 Å². The maximum atomic E-state index is 12.9. The zero-order valence-corrected chi connectivity index (χ0v) is 19.3. The number of hydrogen-bond acceptors (Lipinski definition) is 6. The lowest BCUT2D eigenvalue weighted by Gasteiger charge is -2.31. The number of rotatable bonds is 7. The van der Waals surface area contributed by atoms with Crippen LogP contribution in [0.25, 0.3) is 11.4 Å². The summed E-state index contributed by atoms with van der Waals surface area (Å²) in [5, 5.41) is 4.01. The molecule has 0 spiro atoms. The second kappa shape index (κ2) is 9.98. The van der Waals surface area contributed by atoms with Gasteiger partial charge in [-0.1, -0.05) is 28.9 Å². The fraction of sp³-hybridized carbons (Fsp3) is 0.385. The monoisotopic (exact) mass is 447 g/mol. The van der Waals surface area contributed by atoms with Gasteiger partial charge in [-0.2, -0.15) is 4.98 Å². The molecular formula is C26H29N3O4. The van der Waals surface area contributed by atoms with E-state index in [1.165, 1.54) is 0 Å². The highest BCUT2D eigenvalue weighted by molar-refractivity contribution is 5.99. The third-order valence-electron chi connectivity index (χ3n) is 6.23. The maximum Gasteiger partial charge on any atom is 0.227 e. The molecule has 4 rings (SSSR count). The van der Waals surface area contributed by atoms with Crippen LogP contribution in [0.3, 0.4) is 0 Å². The van der Waals surface area contributed by atoms with Crippen molar-refractivity contribution in [2.24, 2.45) is 5.92 Å². The van der Waals surface area contributed by atoms with Gasteiger partial charge in [0.2, 0.25) is 17.6 Å². The largest absolute Gasteiger partial charge is 0.497 e. The highest BCUT2D eigenvalue weighted by Crippen LogP contribution is 2.25. The summed E-state index contributed by atoms with van der Waals surface area (Å²) in [6.07, 6.45) is 2.09. The van der Waals surface area contributed by atoms with E-state index in [0.29, 0.717) is 50.5 Å². The number of aryl methyl sites for hydroxylation is 3. The van der Waals surface area contributed by atoms with Gasteiger partial charge in [-0.25, -0.2) is 0 Å². The van der Waals surface area contributed by atoms with Crippen LogP contribution in [0.5, 0.6) is 5.75 Å². The summed E-state index contributed by atoms with van der Waals surface area (Å²) in [5.74, 6) is 1.90. The van der Waals surface area contributed by atoms with Crippen molar-refractivity contribution in [1.29, 1.82) is 0 Å². The van der Waals surface area contributed by atoms with E-state index in [9.17, 15) is 9.59 Å². The van der Waals surface area contributed by atoms with Crippen LogP contribution in [-0.4, -0.2) is 46.9 Å². The van der Waals surface area contributed by atoms with Gasteiger partial charge >= 0.3 is 0 Å². The zero-order valence-electron chi connectivity index (χ0n) is 19.3. The molecule has 7 heteroatoms. The van der Waals surface area contributed by atoms with Crippen molar-refractivity contribution in [3.63, 3.8) is 0 Å². The van der Waals surface area contributed by atoms with Crippen molar-refractivity contribution < 1.29 is 18.8 Å². The Kier molecular flexibility index (Phi) is 6.87. The summed E-state index contributed by atoms with van der Waals surface area (Å²) in [5.41, 5.74) is 3.80. The van der Waals surface area contributed by atoms with Crippen LogP contribution in [0.15, 0.2) is 47.0 Å². The molecular weight excluding hydrogens is 418 g/mol. The van der Waals surface area contributed by atoms with E-state index >= 15 is 0 Å². The smallest absolute Gasteiger partial charge is 0.227 e. The Balaban J connectivity index is 1.27. The molecule has 33 heavy (non-hydrogen) atoms. The molecule has 2 heterocycles. The van der Waals surface area contributed by atoms with Crippen LogP contribution in [0.4, 0.5) is 0 Å². The number of ether oxygens (including phenoxy) is 1. The number of benzene rings is 2. The summed E-state index contributed by atoms with van der Waals surface area (Å²) in [4.78, 5) is 31.9. The van der Waals surface area contributed by atoms with E-state index in [-0.39, 0.29) is 17.6 Å². The Bertz CT molecular complexity index is 1130. The topological polar surface area (TPSA) is 85.5 Å². The molecule has 0 atom stereocenters. The normalized spacial score (nSPS) is 14.3. The molecule has 1 aromatic heterocycles. The van der Waals surface area contributed by atoms with E-state index in [4.69, 9.17) is 9.26 Å². The number of hydrogen-bond donors (Lipinski definition) is 0. The zero-order chi connectivity index (χ0) is 23.4. The molecule has 0 radical (unpaired) electrons. The van der Waals surface area contributed by atoms with Crippen LogP contribution in [0.2, 0.25) is 0 Å². The number of likely N-dealkylation sites (tertiary alicyclic amines) is 1. The van der Waals surface area contributed by atoms with Crippen molar-refractivity contribution in [3.8, 4) is 17.1 Å². The minimum absolute atomic E-state index is 0.0292. The Morgan fingerprint density at radius 3 is 2.48 bits per heavy atom. The third-order valence-corrected chi connectivity index (χ3v) is 6.23. The second-order valence-corrected chi connectivity index (χ2v) is 8.58. The van der Waals surface area contributed by atoms with Gasteiger partial charge in [0.05, 0.1) is 7.11 Å². The number of ketones is 1. The number of carbonyl (C=O) groups is 2. The van der Waals surface area contributed by atoms with Gasteiger partial charge in [0, 0.05) is 43.0 Å². The van der Waals surface area contributed by atoms with Crippen LogP contribution >= 0.6 is 0 Å². The number of carbonyl (C=O) groups excluding carboxylic acids is 2. The number of Topliss-reactive ketones (excluding diaryl/α,β-unsaturated/α-hetero) is 1. The number of nitrogens with zero attached hydrogens (tertiary/aromatic N) is 3. The molecule has 1 aliphatic rings. The van der Waals surface area contributed by atoms with Crippen LogP contribution in [0.1, 0.15) is 46.6 Å². The Labute approximate surface area is 193 Å². The minimum Gasteiger partial charge on any atom is -0.497 e. The summed E-state index contributed by atoms with van der Waals surface area (Å²) >= 11 is 0. The average molecular weight is 448 g/mol. The van der Waals surface area contributed by atoms with Crippen molar-refractivity contribution in [3.05, 3.63) is 65.0 Å². The number of piperidine rings is 1. The van der Waals surface area contributed by atoms with E-state index in [0.717, 1.165) is 28.0 Å². The van der Waals surface area contributed by atoms with Gasteiger partial charge in [0.1, 0.15) is 5.75 Å². The molecule has 1 saturated heterocycles. The number of aromatic nitrogens is 2. The van der Waals surface area contributed by atoms with Crippen molar-refractivity contribution >= 4 is 11.7 Å². The first kappa shape index (κ1) is 22.7. The van der Waals surface area contributed by atoms with Gasteiger partial charge in [0.15, 0.2) is 5.78 Å². The molecule has 1 fully saturated rings. The number of amides is 1. The minimum atomic E-state index is -0.0292. The van der Waals surface area contributed by atoms with E-state index in [1.54, 1.807) is 7.11 Å². The predicted octanol–water partition coefficient (Wildman–Crippen LogP) is 4.42. The van der Waals surface area contributed by atoms with Gasteiger partial charge in [0.25, 0.3) is 0 Å². The fourth-order valence-electron chi connectivity index (χ4n) is 4.29. The lowest BCUT2D eigenvalue weighted by atomic mass is 9.87. The molecule has 0 saturated carbocycles. The molecule has 3 aromatic rings. The SMILES string of the molecule is COc1ccc(-c2noc(CCC(=O)N3CCC(C(=O)c4ccc(C)cc4C)CC3)n2)cc1. The van der Waals surface area contributed by atoms with Crippen LogP contribution in [-0.2, 0) is 11.2 Å². The molecule has 2 aromatic carbocycles. The summed E-state index contributed by atoms with van der Waals surface area (Å²) < 4.78 is 10.5. The Hall–Kier alpha value is -3.48. The van der Waals surface area contributed by atoms with Crippen molar-refractivity contribution in [2.45, 2.75) is 39.5 Å². The van der Waals surface area contributed by atoms with E-state index in [2.05, 4.69) is 10.1 Å². The quantitative estimate of drug-likeness (QED) is 0.499. The van der Waals surface area contributed by atoms with Crippen molar-refractivity contribution in [1.82, 2.24) is 15.0 Å². The molecule has 0 bridgehead atoms.